The third kappa shape index (κ3) is 6.89. The Morgan fingerprint density at radius 2 is 1.63 bits per heavy atom. The van der Waals surface area contributed by atoms with E-state index in [1.54, 1.807) is 24.3 Å². The Labute approximate surface area is 205 Å². The molecule has 9 heteroatoms. The van der Waals surface area contributed by atoms with Gasteiger partial charge in [0.15, 0.2) is 0 Å². The van der Waals surface area contributed by atoms with Crippen LogP contribution >= 0.6 is 0 Å². The minimum Gasteiger partial charge on any atom is -0.480 e. The maximum Gasteiger partial charge on any atom is 0.317 e. The maximum atomic E-state index is 13.3. The molecule has 0 unspecified atom stereocenters. The molecule has 2 amide bonds. The zero-order valence-electron chi connectivity index (χ0n) is 20.0. The lowest BCUT2D eigenvalue weighted by Gasteiger charge is -2.28. The summed E-state index contributed by atoms with van der Waals surface area (Å²) in [5, 5.41) is 25.1. The number of nitrogen functional groups attached to an aromatic ring is 1. The van der Waals surface area contributed by atoms with E-state index in [-0.39, 0.29) is 36.7 Å². The Bertz CT molecular complexity index is 1060. The first-order valence-corrected chi connectivity index (χ1v) is 11.7. The number of benzene rings is 2. The number of amides is 2. The second-order valence-electron chi connectivity index (χ2n) is 9.25. The average molecular weight is 480 g/mol. The van der Waals surface area contributed by atoms with Crippen molar-refractivity contribution in [3.05, 3.63) is 70.8 Å². The molecular weight excluding hydrogens is 446 g/mol. The average Bonchev–Trinajstić information content (AvgIpc) is 3.24. The number of aliphatic carboxylic acids is 1. The summed E-state index contributed by atoms with van der Waals surface area (Å²) in [5.74, 6) is -2.07. The summed E-state index contributed by atoms with van der Waals surface area (Å²) in [6, 6.07) is 13.5. The molecule has 0 bridgehead atoms. The molecule has 0 spiro atoms. The van der Waals surface area contributed by atoms with Crippen molar-refractivity contribution < 1.29 is 19.5 Å². The van der Waals surface area contributed by atoms with Crippen LogP contribution in [0.15, 0.2) is 48.5 Å². The van der Waals surface area contributed by atoms with Gasteiger partial charge in [0.25, 0.3) is 0 Å². The normalized spacial score (nSPS) is 14.7. The zero-order chi connectivity index (χ0) is 25.5. The molecule has 9 nitrogen and oxygen atoms in total. The van der Waals surface area contributed by atoms with Crippen LogP contribution in [0.4, 0.5) is 0 Å². The standard InChI is InChI=1S/C26H33N5O4/c1-15(2)22(29-14-21(32)33)26(35)31-23(20-11-18-5-3-4-6-19(18)12-20)25(34)30-13-16-7-9-17(10-8-16)24(27)28/h3-10,15,20,22-23,29H,11-14H2,1-2H3,(H3,27,28)(H,30,34)(H,31,35)(H,32,33)/t22-,23+/m1/s1. The fourth-order valence-electron chi connectivity index (χ4n) is 4.40. The van der Waals surface area contributed by atoms with Gasteiger partial charge >= 0.3 is 5.97 Å². The Balaban J connectivity index is 1.74. The highest BCUT2D eigenvalue weighted by Gasteiger charge is 2.36. The van der Waals surface area contributed by atoms with Crippen LogP contribution < -0.4 is 21.7 Å². The highest BCUT2D eigenvalue weighted by molar-refractivity contribution is 5.95. The minimum absolute atomic E-state index is 0.0274. The van der Waals surface area contributed by atoms with Crippen molar-refractivity contribution in [2.75, 3.05) is 6.54 Å². The summed E-state index contributed by atoms with van der Waals surface area (Å²) in [5.41, 5.74) is 9.26. The van der Waals surface area contributed by atoms with Crippen molar-refractivity contribution in [1.82, 2.24) is 16.0 Å². The Hall–Kier alpha value is -3.72. The van der Waals surface area contributed by atoms with Gasteiger partial charge in [-0.05, 0) is 41.4 Å². The number of carboxylic acid groups (broad SMARTS) is 1. The van der Waals surface area contributed by atoms with Crippen molar-refractivity contribution in [1.29, 1.82) is 5.41 Å². The van der Waals surface area contributed by atoms with E-state index in [1.165, 1.54) is 0 Å². The predicted octanol–water partition coefficient (Wildman–Crippen LogP) is 1.19. The lowest BCUT2D eigenvalue weighted by atomic mass is 9.94. The van der Waals surface area contributed by atoms with Crippen molar-refractivity contribution in [3.63, 3.8) is 0 Å². The molecule has 1 aliphatic carbocycles. The van der Waals surface area contributed by atoms with Gasteiger partial charge in [-0.1, -0.05) is 62.4 Å². The molecular formula is C26H33N5O4. The molecule has 3 rings (SSSR count). The number of hydrogen-bond donors (Lipinski definition) is 6. The zero-order valence-corrected chi connectivity index (χ0v) is 20.0. The van der Waals surface area contributed by atoms with Gasteiger partial charge in [-0.15, -0.1) is 0 Å². The molecule has 1 aliphatic rings. The first-order chi connectivity index (χ1) is 16.7. The van der Waals surface area contributed by atoms with Crippen LogP contribution in [0.3, 0.4) is 0 Å². The van der Waals surface area contributed by atoms with Gasteiger partial charge in [0, 0.05) is 12.1 Å². The molecule has 0 saturated carbocycles. The number of carbonyl (C=O) groups is 3. The maximum absolute atomic E-state index is 13.3. The van der Waals surface area contributed by atoms with Gasteiger partial charge in [-0.25, -0.2) is 0 Å². The molecule has 0 fully saturated rings. The van der Waals surface area contributed by atoms with Crippen LogP contribution in [-0.2, 0) is 33.8 Å². The molecule has 186 valence electrons. The number of nitrogens with one attached hydrogen (secondary N) is 4. The minimum atomic E-state index is -1.06. The van der Waals surface area contributed by atoms with E-state index in [9.17, 15) is 14.4 Å². The number of rotatable bonds is 11. The molecule has 0 aliphatic heterocycles. The SMILES string of the molecule is CC(C)[C@@H](NCC(=O)O)C(=O)N[C@H](C(=O)NCc1ccc(C(=N)N)cc1)C1Cc2ccccc2C1. The van der Waals surface area contributed by atoms with Crippen LogP contribution in [0.25, 0.3) is 0 Å². The molecule has 0 heterocycles. The van der Waals surface area contributed by atoms with E-state index in [1.807, 2.05) is 38.1 Å². The highest BCUT2D eigenvalue weighted by Crippen LogP contribution is 2.29. The summed E-state index contributed by atoms with van der Waals surface area (Å²) in [7, 11) is 0. The Kier molecular flexibility index (Phi) is 8.59. The summed E-state index contributed by atoms with van der Waals surface area (Å²) in [4.78, 5) is 37.5. The largest absolute Gasteiger partial charge is 0.480 e. The lowest BCUT2D eigenvalue weighted by Crippen LogP contribution is -2.57. The molecule has 2 aromatic carbocycles. The summed E-state index contributed by atoms with van der Waals surface area (Å²) in [6.45, 7) is 3.56. The van der Waals surface area contributed by atoms with Gasteiger partial charge in [0.05, 0.1) is 12.6 Å². The van der Waals surface area contributed by atoms with Gasteiger partial charge in [-0.2, -0.15) is 0 Å². The Morgan fingerprint density at radius 1 is 1.03 bits per heavy atom. The Morgan fingerprint density at radius 3 is 2.14 bits per heavy atom. The van der Waals surface area contributed by atoms with Crippen LogP contribution in [0, 0.1) is 17.2 Å². The molecule has 2 atom stereocenters. The summed E-state index contributed by atoms with van der Waals surface area (Å²) < 4.78 is 0. The van der Waals surface area contributed by atoms with Gasteiger partial charge in [-0.3, -0.25) is 25.1 Å². The smallest absolute Gasteiger partial charge is 0.317 e. The van der Waals surface area contributed by atoms with Gasteiger partial charge < -0.3 is 21.5 Å². The van der Waals surface area contributed by atoms with E-state index >= 15 is 0 Å². The molecule has 35 heavy (non-hydrogen) atoms. The number of hydrogen-bond acceptors (Lipinski definition) is 5. The van der Waals surface area contributed by atoms with E-state index in [2.05, 4.69) is 16.0 Å². The lowest BCUT2D eigenvalue weighted by molar-refractivity contribution is -0.137. The predicted molar refractivity (Wildman–Crippen MR) is 133 cm³/mol. The number of carbonyl (C=O) groups excluding carboxylic acids is 2. The first-order valence-electron chi connectivity index (χ1n) is 11.7. The van der Waals surface area contributed by atoms with Crippen molar-refractivity contribution in [2.45, 2.75) is 45.3 Å². The van der Waals surface area contributed by atoms with Crippen LogP contribution in [0.1, 0.15) is 36.1 Å². The number of amidine groups is 1. The topological polar surface area (TPSA) is 157 Å². The van der Waals surface area contributed by atoms with Crippen molar-refractivity contribution in [2.24, 2.45) is 17.6 Å². The van der Waals surface area contributed by atoms with Crippen LogP contribution in [-0.4, -0.2) is 47.4 Å². The fraction of sp³-hybridized carbons (Fsp3) is 0.385. The number of carboxylic acids is 1. The molecule has 0 radical (unpaired) electrons. The molecule has 7 N–H and O–H groups in total. The van der Waals surface area contributed by atoms with E-state index in [4.69, 9.17) is 16.2 Å². The van der Waals surface area contributed by atoms with Gasteiger partial charge in [0.1, 0.15) is 11.9 Å². The van der Waals surface area contributed by atoms with Crippen molar-refractivity contribution >= 4 is 23.6 Å². The second kappa shape index (κ2) is 11.6. The number of nitrogens with two attached hydrogens (primary N) is 1. The first kappa shape index (κ1) is 25.9. The third-order valence-electron chi connectivity index (χ3n) is 6.29. The van der Waals surface area contributed by atoms with E-state index in [0.29, 0.717) is 18.4 Å². The number of fused-ring (bicyclic) bond motifs is 1. The fourth-order valence-corrected chi connectivity index (χ4v) is 4.40. The summed E-state index contributed by atoms with van der Waals surface area (Å²) in [6.07, 6.45) is 1.33. The molecule has 0 aromatic heterocycles. The van der Waals surface area contributed by atoms with E-state index < -0.39 is 24.0 Å². The summed E-state index contributed by atoms with van der Waals surface area (Å²) >= 11 is 0. The quantitative estimate of drug-likeness (QED) is 0.210. The monoisotopic (exact) mass is 479 g/mol. The second-order valence-corrected chi connectivity index (χ2v) is 9.25. The van der Waals surface area contributed by atoms with Crippen molar-refractivity contribution in [3.8, 4) is 0 Å². The van der Waals surface area contributed by atoms with Gasteiger partial charge in [0.2, 0.25) is 11.8 Å². The van der Waals surface area contributed by atoms with Crippen LogP contribution in [0.5, 0.6) is 0 Å². The molecule has 2 aromatic rings. The highest BCUT2D eigenvalue weighted by atomic mass is 16.4. The molecule has 0 saturated heterocycles. The van der Waals surface area contributed by atoms with Crippen LogP contribution in [0.2, 0.25) is 0 Å². The third-order valence-corrected chi connectivity index (χ3v) is 6.29. The van der Waals surface area contributed by atoms with E-state index in [0.717, 1.165) is 16.7 Å².